The summed E-state index contributed by atoms with van der Waals surface area (Å²) < 4.78 is 5.10. The lowest BCUT2D eigenvalue weighted by atomic mass is 10.1. The van der Waals surface area contributed by atoms with Crippen molar-refractivity contribution >= 4 is 11.8 Å². The maximum atomic E-state index is 11.0. The van der Waals surface area contributed by atoms with E-state index in [1.165, 1.54) is 13.8 Å². The molecule has 0 spiro atoms. The van der Waals surface area contributed by atoms with Gasteiger partial charge in [0, 0.05) is 5.56 Å². The number of rotatable bonds is 4. The second-order valence-corrected chi connectivity index (χ2v) is 3.18. The number of ether oxygens (including phenoxy) is 1. The normalized spacial score (nSPS) is 11.9. The molecule has 0 bridgehead atoms. The first-order valence-electron chi connectivity index (χ1n) is 4.51. The molecule has 0 saturated carbocycles. The van der Waals surface area contributed by atoms with Crippen molar-refractivity contribution in [1.82, 2.24) is 0 Å². The largest absolute Gasteiger partial charge is 0.479 e. The highest BCUT2D eigenvalue weighted by Crippen LogP contribution is 2.14. The smallest absolute Gasteiger partial charge is 0.344 e. The number of carbonyl (C=O) groups is 2. The summed E-state index contributed by atoms with van der Waals surface area (Å²) in [5.74, 6) is -0.617. The van der Waals surface area contributed by atoms with Crippen LogP contribution >= 0.6 is 0 Å². The number of benzene rings is 1. The van der Waals surface area contributed by atoms with Gasteiger partial charge in [-0.15, -0.1) is 0 Å². The van der Waals surface area contributed by atoms with Crippen LogP contribution in [0, 0.1) is 0 Å². The molecular weight excluding hydrogens is 196 g/mol. The van der Waals surface area contributed by atoms with Gasteiger partial charge in [0.15, 0.2) is 11.9 Å². The first kappa shape index (κ1) is 11.2. The molecule has 0 heterocycles. The van der Waals surface area contributed by atoms with Crippen molar-refractivity contribution in [3.8, 4) is 5.75 Å². The molecule has 15 heavy (non-hydrogen) atoms. The Balaban J connectivity index is 2.72. The zero-order valence-corrected chi connectivity index (χ0v) is 8.56. The van der Waals surface area contributed by atoms with E-state index in [4.69, 9.17) is 9.84 Å². The van der Waals surface area contributed by atoms with E-state index in [9.17, 15) is 9.59 Å². The second kappa shape index (κ2) is 4.59. The van der Waals surface area contributed by atoms with Gasteiger partial charge in [-0.1, -0.05) is 0 Å². The van der Waals surface area contributed by atoms with E-state index in [0.29, 0.717) is 11.3 Å². The predicted molar refractivity (Wildman–Crippen MR) is 54.2 cm³/mol. The fourth-order valence-electron chi connectivity index (χ4n) is 1.02. The van der Waals surface area contributed by atoms with Crippen LogP contribution in [-0.2, 0) is 4.79 Å². The molecule has 0 amide bonds. The van der Waals surface area contributed by atoms with E-state index in [0.717, 1.165) is 0 Å². The Morgan fingerprint density at radius 1 is 1.27 bits per heavy atom. The molecule has 0 aliphatic rings. The molecule has 1 N–H and O–H groups in total. The predicted octanol–water partition coefficient (Wildman–Crippen LogP) is 1.74. The van der Waals surface area contributed by atoms with Gasteiger partial charge >= 0.3 is 5.97 Å². The molecule has 1 atom stereocenters. The van der Waals surface area contributed by atoms with Crippen molar-refractivity contribution in [2.24, 2.45) is 0 Å². The average molecular weight is 208 g/mol. The van der Waals surface area contributed by atoms with Crippen LogP contribution in [0.5, 0.6) is 5.75 Å². The highest BCUT2D eigenvalue weighted by Gasteiger charge is 2.12. The van der Waals surface area contributed by atoms with E-state index < -0.39 is 12.1 Å². The maximum absolute atomic E-state index is 11.0. The summed E-state index contributed by atoms with van der Waals surface area (Å²) in [4.78, 5) is 21.5. The highest BCUT2D eigenvalue weighted by atomic mass is 16.5. The number of hydrogen-bond donors (Lipinski definition) is 1. The van der Waals surface area contributed by atoms with Crippen molar-refractivity contribution in [3.63, 3.8) is 0 Å². The minimum atomic E-state index is -1.02. The van der Waals surface area contributed by atoms with Gasteiger partial charge in [-0.05, 0) is 38.1 Å². The minimum absolute atomic E-state index is 0.0344. The lowest BCUT2D eigenvalue weighted by molar-refractivity contribution is -0.144. The topological polar surface area (TPSA) is 63.6 Å². The Hall–Kier alpha value is -1.84. The van der Waals surface area contributed by atoms with E-state index in [1.54, 1.807) is 24.3 Å². The summed E-state index contributed by atoms with van der Waals surface area (Å²) >= 11 is 0. The number of carbonyl (C=O) groups excluding carboxylic acids is 1. The quantitative estimate of drug-likeness (QED) is 0.765. The van der Waals surface area contributed by atoms with Crippen molar-refractivity contribution in [2.75, 3.05) is 0 Å². The maximum Gasteiger partial charge on any atom is 0.344 e. The Morgan fingerprint density at radius 3 is 2.20 bits per heavy atom. The Morgan fingerprint density at radius 2 is 1.80 bits per heavy atom. The molecule has 4 heteroatoms. The number of ketones is 1. The van der Waals surface area contributed by atoms with Crippen LogP contribution in [0.25, 0.3) is 0 Å². The number of aliphatic carboxylic acids is 1. The van der Waals surface area contributed by atoms with E-state index in [1.807, 2.05) is 0 Å². The molecule has 4 nitrogen and oxygen atoms in total. The van der Waals surface area contributed by atoms with E-state index in [2.05, 4.69) is 0 Å². The summed E-state index contributed by atoms with van der Waals surface area (Å²) in [5.41, 5.74) is 0.574. The van der Waals surface area contributed by atoms with Gasteiger partial charge in [-0.2, -0.15) is 0 Å². The van der Waals surface area contributed by atoms with E-state index in [-0.39, 0.29) is 5.78 Å². The molecule has 0 aliphatic heterocycles. The Labute approximate surface area is 87.5 Å². The van der Waals surface area contributed by atoms with Crippen LogP contribution in [0.1, 0.15) is 24.2 Å². The first-order valence-corrected chi connectivity index (χ1v) is 4.51. The Bertz CT molecular complexity index is 367. The third-order valence-corrected chi connectivity index (χ3v) is 1.92. The molecule has 80 valence electrons. The summed E-state index contributed by atoms with van der Waals surface area (Å²) in [6.07, 6.45) is -0.895. The zero-order valence-electron chi connectivity index (χ0n) is 8.56. The van der Waals surface area contributed by atoms with Gasteiger partial charge in [0.1, 0.15) is 5.75 Å². The highest BCUT2D eigenvalue weighted by molar-refractivity contribution is 5.94. The standard InChI is InChI=1S/C11H12O4/c1-7(12)9-3-5-10(6-4-9)15-8(2)11(13)14/h3-6,8H,1-2H3,(H,13,14)/t8-/m1/s1. The molecule has 0 radical (unpaired) electrons. The lowest BCUT2D eigenvalue weighted by Crippen LogP contribution is -2.22. The molecule has 1 aromatic carbocycles. The second-order valence-electron chi connectivity index (χ2n) is 3.18. The first-order chi connectivity index (χ1) is 7.00. The number of Topliss-reactive ketones (excluding diaryl/α,β-unsaturated/α-hetero) is 1. The summed E-state index contributed by atoms with van der Waals surface area (Å²) in [6, 6.07) is 6.37. The van der Waals surface area contributed by atoms with Crippen LogP contribution in [0.3, 0.4) is 0 Å². The van der Waals surface area contributed by atoms with Crippen molar-refractivity contribution in [3.05, 3.63) is 29.8 Å². The van der Waals surface area contributed by atoms with Crippen LogP contribution < -0.4 is 4.74 Å². The van der Waals surface area contributed by atoms with Gasteiger partial charge in [-0.3, -0.25) is 4.79 Å². The molecule has 0 aliphatic carbocycles. The molecule has 0 saturated heterocycles. The lowest BCUT2D eigenvalue weighted by Gasteiger charge is -2.10. The monoisotopic (exact) mass is 208 g/mol. The molecule has 0 fully saturated rings. The molecule has 1 aromatic rings. The van der Waals surface area contributed by atoms with Gasteiger partial charge in [-0.25, -0.2) is 4.79 Å². The van der Waals surface area contributed by atoms with Gasteiger partial charge < -0.3 is 9.84 Å². The van der Waals surface area contributed by atoms with Crippen LogP contribution in [0.4, 0.5) is 0 Å². The van der Waals surface area contributed by atoms with Gasteiger partial charge in [0.05, 0.1) is 0 Å². The van der Waals surface area contributed by atoms with E-state index >= 15 is 0 Å². The van der Waals surface area contributed by atoms with Crippen LogP contribution in [0.15, 0.2) is 24.3 Å². The van der Waals surface area contributed by atoms with Gasteiger partial charge in [0.2, 0.25) is 0 Å². The Kier molecular flexibility index (Phi) is 3.44. The molecular formula is C11H12O4. The zero-order chi connectivity index (χ0) is 11.4. The third kappa shape index (κ3) is 3.09. The summed E-state index contributed by atoms with van der Waals surface area (Å²) in [7, 11) is 0. The van der Waals surface area contributed by atoms with Crippen molar-refractivity contribution in [1.29, 1.82) is 0 Å². The van der Waals surface area contributed by atoms with Crippen LogP contribution in [0.2, 0.25) is 0 Å². The summed E-state index contributed by atoms with van der Waals surface area (Å²) in [5, 5.41) is 8.61. The molecule has 1 rings (SSSR count). The van der Waals surface area contributed by atoms with Gasteiger partial charge in [0.25, 0.3) is 0 Å². The van der Waals surface area contributed by atoms with Crippen molar-refractivity contribution in [2.45, 2.75) is 20.0 Å². The number of carboxylic acid groups (broad SMARTS) is 1. The minimum Gasteiger partial charge on any atom is -0.479 e. The fourth-order valence-corrected chi connectivity index (χ4v) is 1.02. The third-order valence-electron chi connectivity index (χ3n) is 1.92. The summed E-state index contributed by atoms with van der Waals surface area (Å²) in [6.45, 7) is 2.91. The molecule has 0 aromatic heterocycles. The van der Waals surface area contributed by atoms with Crippen molar-refractivity contribution < 1.29 is 19.4 Å². The number of hydrogen-bond acceptors (Lipinski definition) is 3. The molecule has 0 unspecified atom stereocenters. The average Bonchev–Trinajstić information content (AvgIpc) is 2.18. The SMILES string of the molecule is CC(=O)c1ccc(O[C@H](C)C(=O)O)cc1. The van der Waals surface area contributed by atoms with Crippen LogP contribution in [-0.4, -0.2) is 23.0 Å². The fraction of sp³-hybridized carbons (Fsp3) is 0.273. The number of carboxylic acids is 1.